The molecule has 1 N–H and O–H groups in total. The van der Waals surface area contributed by atoms with Gasteiger partial charge in [0.15, 0.2) is 0 Å². The molecule has 0 saturated carbocycles. The fourth-order valence-electron chi connectivity index (χ4n) is 1.32. The van der Waals surface area contributed by atoms with E-state index in [1.165, 1.54) is 16.8 Å². The summed E-state index contributed by atoms with van der Waals surface area (Å²) >= 11 is 9.15. The van der Waals surface area contributed by atoms with Crippen LogP contribution in [-0.4, -0.2) is 14.9 Å². The zero-order valence-corrected chi connectivity index (χ0v) is 10.3. The van der Waals surface area contributed by atoms with Gasteiger partial charge < -0.3 is 5.11 Å². The number of benzene rings is 1. The van der Waals surface area contributed by atoms with Crippen LogP contribution < -0.4 is 0 Å². The standard InChI is InChI=1S/C10H7BrClFN2O/c11-8-3-6(13)4-9(12)10(8)15-2-1-7(5-16)14-15/h1-4,16H,5H2. The average molecular weight is 306 g/mol. The number of aromatic nitrogens is 2. The minimum Gasteiger partial charge on any atom is -0.390 e. The Balaban J connectivity index is 2.55. The Morgan fingerprint density at radius 3 is 2.81 bits per heavy atom. The number of halogens is 3. The molecule has 0 radical (unpaired) electrons. The number of hydrogen-bond acceptors (Lipinski definition) is 2. The first-order chi connectivity index (χ1) is 7.61. The van der Waals surface area contributed by atoms with Crippen molar-refractivity contribution in [2.75, 3.05) is 0 Å². The number of aliphatic hydroxyl groups is 1. The highest BCUT2D eigenvalue weighted by Gasteiger charge is 2.11. The third kappa shape index (κ3) is 2.11. The van der Waals surface area contributed by atoms with Crippen molar-refractivity contribution < 1.29 is 9.50 Å². The Labute approximate surface area is 105 Å². The molecule has 1 heterocycles. The van der Waals surface area contributed by atoms with Gasteiger partial charge in [-0.25, -0.2) is 9.07 Å². The average Bonchev–Trinajstić information content (AvgIpc) is 2.64. The van der Waals surface area contributed by atoms with E-state index in [0.717, 1.165) is 0 Å². The molecule has 0 aliphatic heterocycles. The number of aliphatic hydroxyl groups excluding tert-OH is 1. The van der Waals surface area contributed by atoms with Crippen molar-refractivity contribution in [3.8, 4) is 5.69 Å². The molecular formula is C10H7BrClFN2O. The van der Waals surface area contributed by atoms with Crippen LogP contribution in [0.1, 0.15) is 5.69 Å². The van der Waals surface area contributed by atoms with Crippen molar-refractivity contribution in [1.82, 2.24) is 9.78 Å². The largest absolute Gasteiger partial charge is 0.390 e. The van der Waals surface area contributed by atoms with Gasteiger partial charge in [0.1, 0.15) is 5.82 Å². The van der Waals surface area contributed by atoms with Gasteiger partial charge in [0.2, 0.25) is 0 Å². The highest BCUT2D eigenvalue weighted by Crippen LogP contribution is 2.29. The number of nitrogens with zero attached hydrogens (tertiary/aromatic N) is 2. The maximum atomic E-state index is 13.0. The molecule has 0 bridgehead atoms. The smallest absolute Gasteiger partial charge is 0.125 e. The second kappa shape index (κ2) is 4.53. The zero-order chi connectivity index (χ0) is 11.7. The Kier molecular flexibility index (Phi) is 3.28. The molecule has 0 aliphatic carbocycles. The van der Waals surface area contributed by atoms with Crippen molar-refractivity contribution in [3.05, 3.63) is 45.4 Å². The monoisotopic (exact) mass is 304 g/mol. The fourth-order valence-corrected chi connectivity index (χ4v) is 2.34. The normalized spacial score (nSPS) is 10.8. The quantitative estimate of drug-likeness (QED) is 0.926. The van der Waals surface area contributed by atoms with E-state index in [9.17, 15) is 4.39 Å². The molecule has 3 nitrogen and oxygen atoms in total. The summed E-state index contributed by atoms with van der Waals surface area (Å²) in [4.78, 5) is 0. The van der Waals surface area contributed by atoms with Gasteiger partial charge in [-0.3, -0.25) is 0 Å². The molecule has 2 aromatic rings. The summed E-state index contributed by atoms with van der Waals surface area (Å²) in [6.07, 6.45) is 1.65. The molecule has 2 rings (SSSR count). The first-order valence-electron chi connectivity index (χ1n) is 4.42. The highest BCUT2D eigenvalue weighted by atomic mass is 79.9. The maximum Gasteiger partial charge on any atom is 0.125 e. The van der Waals surface area contributed by atoms with Crippen LogP contribution in [0.4, 0.5) is 4.39 Å². The predicted molar refractivity (Wildman–Crippen MR) is 62.2 cm³/mol. The van der Waals surface area contributed by atoms with E-state index in [0.29, 0.717) is 15.9 Å². The summed E-state index contributed by atoms with van der Waals surface area (Å²) in [5, 5.41) is 13.2. The Hall–Kier alpha value is -0.910. The Morgan fingerprint density at radius 1 is 1.50 bits per heavy atom. The summed E-state index contributed by atoms with van der Waals surface area (Å²) < 4.78 is 15.0. The minimum absolute atomic E-state index is 0.149. The van der Waals surface area contributed by atoms with Crippen molar-refractivity contribution in [2.24, 2.45) is 0 Å². The lowest BCUT2D eigenvalue weighted by Crippen LogP contribution is -1.99. The predicted octanol–water partition coefficient (Wildman–Crippen LogP) is 2.92. The van der Waals surface area contributed by atoms with Gasteiger partial charge in [-0.05, 0) is 34.1 Å². The van der Waals surface area contributed by atoms with Crippen LogP contribution in [0.3, 0.4) is 0 Å². The van der Waals surface area contributed by atoms with Gasteiger partial charge in [-0.1, -0.05) is 11.6 Å². The molecule has 1 aromatic heterocycles. The van der Waals surface area contributed by atoms with Crippen LogP contribution >= 0.6 is 27.5 Å². The van der Waals surface area contributed by atoms with Crippen molar-refractivity contribution >= 4 is 27.5 Å². The second-order valence-corrected chi connectivity index (χ2v) is 4.39. The zero-order valence-electron chi connectivity index (χ0n) is 7.99. The van der Waals surface area contributed by atoms with E-state index in [1.54, 1.807) is 12.3 Å². The van der Waals surface area contributed by atoms with Gasteiger partial charge in [0.25, 0.3) is 0 Å². The molecule has 84 valence electrons. The topological polar surface area (TPSA) is 38.0 Å². The van der Waals surface area contributed by atoms with Gasteiger partial charge in [0.05, 0.1) is 23.0 Å². The van der Waals surface area contributed by atoms with Crippen LogP contribution in [0.5, 0.6) is 0 Å². The lowest BCUT2D eigenvalue weighted by atomic mass is 10.3. The van der Waals surface area contributed by atoms with Crippen molar-refractivity contribution in [3.63, 3.8) is 0 Å². The van der Waals surface area contributed by atoms with E-state index < -0.39 is 5.82 Å². The van der Waals surface area contributed by atoms with Crippen LogP contribution in [0.15, 0.2) is 28.9 Å². The molecule has 16 heavy (non-hydrogen) atoms. The first kappa shape index (κ1) is 11.6. The fraction of sp³-hybridized carbons (Fsp3) is 0.100. The lowest BCUT2D eigenvalue weighted by Gasteiger charge is -2.07. The molecule has 0 fully saturated rings. The van der Waals surface area contributed by atoms with Crippen LogP contribution in [0.25, 0.3) is 5.69 Å². The SMILES string of the molecule is OCc1ccn(-c2c(Cl)cc(F)cc2Br)n1. The van der Waals surface area contributed by atoms with Gasteiger partial charge >= 0.3 is 0 Å². The van der Waals surface area contributed by atoms with E-state index >= 15 is 0 Å². The second-order valence-electron chi connectivity index (χ2n) is 3.13. The highest BCUT2D eigenvalue weighted by molar-refractivity contribution is 9.10. The Bertz CT molecular complexity index is 506. The minimum atomic E-state index is -0.421. The Morgan fingerprint density at radius 2 is 2.25 bits per heavy atom. The molecule has 0 amide bonds. The van der Waals surface area contributed by atoms with Crippen molar-refractivity contribution in [2.45, 2.75) is 6.61 Å². The molecule has 0 atom stereocenters. The molecule has 6 heteroatoms. The molecule has 0 spiro atoms. The summed E-state index contributed by atoms with van der Waals surface area (Å²) in [7, 11) is 0. The maximum absolute atomic E-state index is 13.0. The van der Waals surface area contributed by atoms with Gasteiger partial charge in [-0.2, -0.15) is 5.10 Å². The number of hydrogen-bond donors (Lipinski definition) is 1. The van der Waals surface area contributed by atoms with Gasteiger partial charge in [0, 0.05) is 10.7 Å². The van der Waals surface area contributed by atoms with E-state index in [2.05, 4.69) is 21.0 Å². The van der Waals surface area contributed by atoms with E-state index in [-0.39, 0.29) is 11.6 Å². The van der Waals surface area contributed by atoms with Crippen LogP contribution in [-0.2, 0) is 6.61 Å². The third-order valence-electron chi connectivity index (χ3n) is 2.02. The van der Waals surface area contributed by atoms with Crippen LogP contribution in [0.2, 0.25) is 5.02 Å². The molecular weight excluding hydrogens is 298 g/mol. The molecule has 0 aliphatic rings. The molecule has 0 unspecified atom stereocenters. The van der Waals surface area contributed by atoms with Crippen molar-refractivity contribution in [1.29, 1.82) is 0 Å². The summed E-state index contributed by atoms with van der Waals surface area (Å²) in [5.41, 5.74) is 1.06. The summed E-state index contributed by atoms with van der Waals surface area (Å²) in [6.45, 7) is -0.149. The van der Waals surface area contributed by atoms with Crippen LogP contribution in [0, 0.1) is 5.82 Å². The van der Waals surface area contributed by atoms with E-state index in [4.69, 9.17) is 16.7 Å². The summed E-state index contributed by atoms with van der Waals surface area (Å²) in [5.74, 6) is -0.421. The summed E-state index contributed by atoms with van der Waals surface area (Å²) in [6, 6.07) is 4.18. The third-order valence-corrected chi connectivity index (χ3v) is 2.91. The van der Waals surface area contributed by atoms with Gasteiger partial charge in [-0.15, -0.1) is 0 Å². The first-order valence-corrected chi connectivity index (χ1v) is 5.59. The molecule has 1 aromatic carbocycles. The van der Waals surface area contributed by atoms with E-state index in [1.807, 2.05) is 0 Å². The molecule has 0 saturated heterocycles. The lowest BCUT2D eigenvalue weighted by molar-refractivity contribution is 0.276. The number of rotatable bonds is 2.